The highest BCUT2D eigenvalue weighted by molar-refractivity contribution is 7.94. The summed E-state index contributed by atoms with van der Waals surface area (Å²) in [6, 6.07) is 36.8. The average molecular weight is 740 g/mol. The van der Waals surface area contributed by atoms with Crippen LogP contribution in [-0.2, 0) is 42.4 Å². The van der Waals surface area contributed by atoms with Crippen LogP contribution in [0.5, 0.6) is 0 Å². The van der Waals surface area contributed by atoms with Gasteiger partial charge < -0.3 is 15.4 Å². The number of hydrogen-bond acceptors (Lipinski definition) is 7. The fourth-order valence-corrected chi connectivity index (χ4v) is 7.95. The molecule has 0 radical (unpaired) electrons. The van der Waals surface area contributed by atoms with E-state index in [9.17, 15) is 26.4 Å². The summed E-state index contributed by atoms with van der Waals surface area (Å²) in [5.74, 6) is -0.538. The molecule has 0 aliphatic heterocycles. The zero-order valence-corrected chi connectivity index (χ0v) is 30.1. The predicted molar refractivity (Wildman–Crippen MR) is 201 cm³/mol. The lowest BCUT2D eigenvalue weighted by Crippen LogP contribution is -2.50. The molecule has 12 heteroatoms. The Balaban J connectivity index is 1.27. The van der Waals surface area contributed by atoms with Gasteiger partial charge >= 0.3 is 6.09 Å². The molecule has 0 fully saturated rings. The smallest absolute Gasteiger partial charge is 0.408 e. The first-order valence-corrected chi connectivity index (χ1v) is 19.9. The molecule has 0 aliphatic rings. The quantitative estimate of drug-likeness (QED) is 0.0949. The van der Waals surface area contributed by atoms with Gasteiger partial charge in [-0.05, 0) is 54.0 Å². The Hall–Kier alpha value is -5.30. The van der Waals surface area contributed by atoms with E-state index >= 15 is 0 Å². The average Bonchev–Trinajstić information content (AvgIpc) is 3.16. The maximum Gasteiger partial charge on any atom is 0.408 e. The van der Waals surface area contributed by atoms with E-state index in [1.165, 1.54) is 18.2 Å². The topological polar surface area (TPSA) is 148 Å². The number of nitrogens with one attached hydrogen (secondary N) is 3. The van der Waals surface area contributed by atoms with Crippen LogP contribution < -0.4 is 15.4 Å². The molecule has 0 aliphatic carbocycles. The third-order valence-electron chi connectivity index (χ3n) is 8.27. The molecule has 2 amide bonds. The minimum Gasteiger partial charge on any atom is -0.445 e. The molecule has 0 spiro atoms. The molecule has 5 aromatic rings. The Labute approximate surface area is 304 Å². The molecule has 0 saturated heterocycles. The van der Waals surface area contributed by atoms with E-state index in [4.69, 9.17) is 4.74 Å². The summed E-state index contributed by atoms with van der Waals surface area (Å²) >= 11 is 0. The lowest BCUT2D eigenvalue weighted by molar-refractivity contribution is -0.123. The van der Waals surface area contributed by atoms with E-state index in [0.29, 0.717) is 24.6 Å². The molecule has 3 N–H and O–H groups in total. The van der Waals surface area contributed by atoms with Gasteiger partial charge in [-0.3, -0.25) is 4.79 Å². The lowest BCUT2D eigenvalue weighted by atomic mass is 10.0. The first-order valence-electron chi connectivity index (χ1n) is 16.9. The van der Waals surface area contributed by atoms with Crippen molar-refractivity contribution in [1.82, 2.24) is 15.4 Å². The molecule has 270 valence electrons. The van der Waals surface area contributed by atoms with Crippen LogP contribution in [0.3, 0.4) is 0 Å². The van der Waals surface area contributed by atoms with Gasteiger partial charge in [-0.2, -0.15) is 0 Å². The van der Waals surface area contributed by atoms with Crippen molar-refractivity contribution < 1.29 is 31.2 Å². The number of fused-ring (bicyclic) bond motifs is 1. The number of carbonyl (C=O) groups excluding carboxylic acids is 2. The predicted octanol–water partition coefficient (Wildman–Crippen LogP) is 6.30. The fraction of sp³-hybridized carbons (Fsp3) is 0.200. The highest BCUT2D eigenvalue weighted by Gasteiger charge is 2.25. The third kappa shape index (κ3) is 11.1. The number of hydrogen-bond donors (Lipinski definition) is 3. The van der Waals surface area contributed by atoms with Crippen molar-refractivity contribution >= 4 is 42.6 Å². The third-order valence-corrected chi connectivity index (χ3v) is 11.2. The zero-order chi connectivity index (χ0) is 36.8. The number of sulfonamides is 1. The molecule has 52 heavy (non-hydrogen) atoms. The van der Waals surface area contributed by atoms with Crippen LogP contribution in [0.1, 0.15) is 30.4 Å². The van der Waals surface area contributed by atoms with Crippen LogP contribution >= 0.6 is 0 Å². The first kappa shape index (κ1) is 37.9. The SMILES string of the molecule is O=C(N[C@@H](Cc1ccccc1)C(=O)N[C@H](/C=C/S(=O)(=O)c1ccccc1)CCCCNS(=O)(=O)c1cccc2ccccc12)OCc1ccccc1. The van der Waals surface area contributed by atoms with Gasteiger partial charge in [0.15, 0.2) is 9.84 Å². The van der Waals surface area contributed by atoms with E-state index in [1.54, 1.807) is 42.5 Å². The highest BCUT2D eigenvalue weighted by atomic mass is 32.2. The van der Waals surface area contributed by atoms with Gasteiger partial charge in [0.1, 0.15) is 12.6 Å². The van der Waals surface area contributed by atoms with Crippen molar-refractivity contribution in [3.8, 4) is 0 Å². The van der Waals surface area contributed by atoms with Gasteiger partial charge in [0, 0.05) is 29.8 Å². The molecule has 0 saturated carbocycles. The number of rotatable bonds is 17. The number of ether oxygens (including phenoxy) is 1. The number of alkyl carbamates (subject to hydrolysis) is 1. The number of benzene rings is 5. The Morgan fingerprint density at radius 2 is 1.29 bits per heavy atom. The molecule has 0 heterocycles. The Morgan fingerprint density at radius 3 is 2.00 bits per heavy atom. The molecule has 0 aromatic heterocycles. The van der Waals surface area contributed by atoms with Gasteiger partial charge in [0.2, 0.25) is 15.9 Å². The van der Waals surface area contributed by atoms with Crippen LogP contribution in [0.25, 0.3) is 10.8 Å². The van der Waals surface area contributed by atoms with Crippen LogP contribution in [-0.4, -0.2) is 47.5 Å². The van der Waals surface area contributed by atoms with E-state index in [0.717, 1.165) is 21.9 Å². The van der Waals surface area contributed by atoms with Gasteiger partial charge in [0.25, 0.3) is 0 Å². The maximum absolute atomic E-state index is 13.8. The second kappa shape index (κ2) is 18.3. The number of amides is 2. The molecule has 2 atom stereocenters. The summed E-state index contributed by atoms with van der Waals surface area (Å²) in [5, 5.41) is 8.05. The largest absolute Gasteiger partial charge is 0.445 e. The summed E-state index contributed by atoms with van der Waals surface area (Å²) in [7, 11) is -7.64. The van der Waals surface area contributed by atoms with Crippen LogP contribution in [0.15, 0.2) is 155 Å². The molecule has 0 unspecified atom stereocenters. The van der Waals surface area contributed by atoms with E-state index < -0.39 is 43.9 Å². The number of sulfone groups is 1. The zero-order valence-electron chi connectivity index (χ0n) is 28.4. The Morgan fingerprint density at radius 1 is 0.673 bits per heavy atom. The first-order chi connectivity index (χ1) is 25.1. The maximum atomic E-state index is 13.8. The fourth-order valence-electron chi connectivity index (χ4n) is 5.56. The Bertz CT molecular complexity index is 2180. The normalized spacial score (nSPS) is 13.0. The highest BCUT2D eigenvalue weighted by Crippen LogP contribution is 2.22. The minimum atomic E-state index is -3.83. The molecule has 5 aromatic carbocycles. The summed E-state index contributed by atoms with van der Waals surface area (Å²) in [5.41, 5.74) is 1.58. The van der Waals surface area contributed by atoms with Crippen LogP contribution in [0, 0.1) is 0 Å². The Kier molecular flexibility index (Phi) is 13.3. The van der Waals surface area contributed by atoms with Gasteiger partial charge in [-0.15, -0.1) is 0 Å². The standard InChI is InChI=1S/C40H41N3O7S2/c44-39(37(29-31-15-4-1-5-16-31)43-40(45)50-30-32-17-6-2-7-18-32)42-34(26-28-51(46,47)35-22-8-3-9-23-35)21-12-13-27-41-52(48,49)38-25-14-20-33-19-10-11-24-36(33)38/h1-11,14-20,22-26,28,34,37,41H,12-13,21,27,29-30H2,(H,42,44)(H,43,45)/b28-26+/t34-,37-/m0/s1. The number of carbonyl (C=O) groups is 2. The number of unbranched alkanes of at least 4 members (excludes halogenated alkanes) is 1. The lowest BCUT2D eigenvalue weighted by Gasteiger charge is -2.22. The van der Waals surface area contributed by atoms with Crippen molar-refractivity contribution in [2.45, 2.75) is 54.2 Å². The van der Waals surface area contributed by atoms with Crippen molar-refractivity contribution in [2.75, 3.05) is 6.54 Å². The van der Waals surface area contributed by atoms with Gasteiger partial charge in [0.05, 0.1) is 9.79 Å². The van der Waals surface area contributed by atoms with Crippen molar-refractivity contribution in [3.63, 3.8) is 0 Å². The molecule has 0 bridgehead atoms. The summed E-state index contributed by atoms with van der Waals surface area (Å²) in [6.07, 6.45) is 1.92. The molecular weight excluding hydrogens is 699 g/mol. The van der Waals surface area contributed by atoms with Crippen molar-refractivity contribution in [1.29, 1.82) is 0 Å². The van der Waals surface area contributed by atoms with E-state index in [-0.39, 0.29) is 29.4 Å². The second-order valence-corrected chi connectivity index (χ2v) is 15.7. The monoisotopic (exact) mass is 739 g/mol. The summed E-state index contributed by atoms with van der Waals surface area (Å²) < 4.78 is 60.6. The van der Waals surface area contributed by atoms with Crippen LogP contribution in [0.4, 0.5) is 4.79 Å². The van der Waals surface area contributed by atoms with E-state index in [1.807, 2.05) is 78.9 Å². The summed E-state index contributed by atoms with van der Waals surface area (Å²) in [6.45, 7) is 0.142. The van der Waals surface area contributed by atoms with Crippen molar-refractivity contribution in [3.05, 3.63) is 156 Å². The molecule has 10 nitrogen and oxygen atoms in total. The van der Waals surface area contributed by atoms with Gasteiger partial charge in [-0.25, -0.2) is 26.4 Å². The molecule has 5 rings (SSSR count). The van der Waals surface area contributed by atoms with Crippen LogP contribution in [0.2, 0.25) is 0 Å². The van der Waals surface area contributed by atoms with Gasteiger partial charge in [-0.1, -0.05) is 121 Å². The van der Waals surface area contributed by atoms with E-state index in [2.05, 4.69) is 15.4 Å². The second-order valence-electron chi connectivity index (χ2n) is 12.1. The van der Waals surface area contributed by atoms with Crippen molar-refractivity contribution in [2.24, 2.45) is 0 Å². The summed E-state index contributed by atoms with van der Waals surface area (Å²) in [4.78, 5) is 26.9. The molecular formula is C40H41N3O7S2. The minimum absolute atomic E-state index is 0.0132.